The molecular formula is C19H21N3O3. The summed E-state index contributed by atoms with van der Waals surface area (Å²) < 4.78 is 0. The molecule has 130 valence electrons. The number of rotatable bonds is 4. The third kappa shape index (κ3) is 5.17. The smallest absolute Gasteiger partial charge is 0.271 e. The van der Waals surface area contributed by atoms with E-state index in [1.165, 1.54) is 12.3 Å². The Kier molecular flexibility index (Phi) is 5.54. The molecule has 0 fully saturated rings. The van der Waals surface area contributed by atoms with Crippen LogP contribution in [0.5, 0.6) is 5.75 Å². The second kappa shape index (κ2) is 7.61. The van der Waals surface area contributed by atoms with E-state index < -0.39 is 5.41 Å². The summed E-state index contributed by atoms with van der Waals surface area (Å²) in [7, 11) is 0. The van der Waals surface area contributed by atoms with Gasteiger partial charge in [0.05, 0.1) is 6.21 Å². The van der Waals surface area contributed by atoms with Gasteiger partial charge in [-0.05, 0) is 36.4 Å². The summed E-state index contributed by atoms with van der Waals surface area (Å²) in [4.78, 5) is 24.0. The zero-order chi connectivity index (χ0) is 18.4. The summed E-state index contributed by atoms with van der Waals surface area (Å²) in [5, 5.41) is 16.2. The van der Waals surface area contributed by atoms with Gasteiger partial charge in [-0.2, -0.15) is 5.10 Å². The summed E-state index contributed by atoms with van der Waals surface area (Å²) in [6.07, 6.45) is 1.37. The average molecular weight is 339 g/mol. The number of amides is 2. The lowest BCUT2D eigenvalue weighted by molar-refractivity contribution is -0.123. The Morgan fingerprint density at radius 2 is 1.68 bits per heavy atom. The lowest BCUT2D eigenvalue weighted by atomic mass is 9.95. The molecule has 0 bridgehead atoms. The molecule has 2 aromatic carbocycles. The Morgan fingerprint density at radius 1 is 1.04 bits per heavy atom. The van der Waals surface area contributed by atoms with E-state index >= 15 is 0 Å². The van der Waals surface area contributed by atoms with Crippen LogP contribution in [0.2, 0.25) is 0 Å². The number of hydrogen-bond acceptors (Lipinski definition) is 4. The maximum absolute atomic E-state index is 12.0. The number of para-hydroxylation sites is 1. The van der Waals surface area contributed by atoms with Crippen molar-refractivity contribution < 1.29 is 14.7 Å². The molecule has 0 radical (unpaired) electrons. The number of benzene rings is 2. The van der Waals surface area contributed by atoms with Gasteiger partial charge in [-0.3, -0.25) is 9.59 Å². The third-order valence-electron chi connectivity index (χ3n) is 3.39. The van der Waals surface area contributed by atoms with Crippen molar-refractivity contribution in [3.05, 3.63) is 59.7 Å². The first-order valence-electron chi connectivity index (χ1n) is 7.80. The summed E-state index contributed by atoms with van der Waals surface area (Å²) >= 11 is 0. The lowest BCUT2D eigenvalue weighted by Gasteiger charge is -2.17. The van der Waals surface area contributed by atoms with E-state index in [4.69, 9.17) is 0 Å². The van der Waals surface area contributed by atoms with E-state index in [2.05, 4.69) is 15.8 Å². The van der Waals surface area contributed by atoms with Crippen LogP contribution in [0.25, 0.3) is 0 Å². The van der Waals surface area contributed by atoms with Gasteiger partial charge in [0, 0.05) is 22.2 Å². The largest absolute Gasteiger partial charge is 0.507 e. The maximum Gasteiger partial charge on any atom is 0.271 e. The van der Waals surface area contributed by atoms with Gasteiger partial charge in [-0.25, -0.2) is 5.43 Å². The second-order valence-electron chi connectivity index (χ2n) is 6.54. The minimum Gasteiger partial charge on any atom is -0.507 e. The van der Waals surface area contributed by atoms with Crippen LogP contribution in [0.15, 0.2) is 53.6 Å². The topological polar surface area (TPSA) is 90.8 Å². The quantitative estimate of drug-likeness (QED) is 0.590. The molecular weight excluding hydrogens is 318 g/mol. The highest BCUT2D eigenvalue weighted by Gasteiger charge is 2.21. The molecule has 3 N–H and O–H groups in total. The van der Waals surface area contributed by atoms with Gasteiger partial charge in [0.25, 0.3) is 5.91 Å². The highest BCUT2D eigenvalue weighted by atomic mass is 16.3. The predicted molar refractivity (Wildman–Crippen MR) is 97.7 cm³/mol. The summed E-state index contributed by atoms with van der Waals surface area (Å²) in [5.74, 6) is -0.406. The van der Waals surface area contributed by atoms with E-state index in [1.807, 2.05) is 20.8 Å². The number of nitrogens with one attached hydrogen (secondary N) is 2. The fourth-order valence-electron chi connectivity index (χ4n) is 1.85. The molecule has 6 nitrogen and oxygen atoms in total. The van der Waals surface area contributed by atoms with Crippen LogP contribution in [0.1, 0.15) is 36.7 Å². The van der Waals surface area contributed by atoms with Crippen LogP contribution in [-0.4, -0.2) is 23.1 Å². The second-order valence-corrected chi connectivity index (χ2v) is 6.54. The maximum atomic E-state index is 12.0. The number of phenolic OH excluding ortho intramolecular Hbond substituents is 1. The van der Waals surface area contributed by atoms with Crippen molar-refractivity contribution in [3.8, 4) is 5.75 Å². The van der Waals surface area contributed by atoms with Crippen molar-refractivity contribution in [2.45, 2.75) is 20.8 Å². The minimum atomic E-state index is -0.492. The molecule has 0 spiro atoms. The van der Waals surface area contributed by atoms with Crippen LogP contribution < -0.4 is 10.7 Å². The molecule has 0 saturated carbocycles. The van der Waals surface area contributed by atoms with Gasteiger partial charge in [-0.1, -0.05) is 32.9 Å². The van der Waals surface area contributed by atoms with E-state index in [-0.39, 0.29) is 17.6 Å². The molecule has 0 unspecified atom stereocenters. The molecule has 2 aromatic rings. The molecule has 0 heterocycles. The fourth-order valence-corrected chi connectivity index (χ4v) is 1.85. The number of carbonyl (C=O) groups excluding carboxylic acids is 2. The summed E-state index contributed by atoms with van der Waals surface area (Å²) in [5.41, 5.74) is 3.43. The number of aromatic hydroxyl groups is 1. The molecule has 6 heteroatoms. The van der Waals surface area contributed by atoms with Crippen LogP contribution in [0.4, 0.5) is 5.69 Å². The van der Waals surface area contributed by atoms with Crippen molar-refractivity contribution in [2.75, 3.05) is 5.32 Å². The van der Waals surface area contributed by atoms with Crippen LogP contribution >= 0.6 is 0 Å². The molecule has 2 rings (SSSR count). The third-order valence-corrected chi connectivity index (χ3v) is 3.39. The number of hydrogen-bond donors (Lipinski definition) is 3. The number of nitrogens with zero attached hydrogens (tertiary/aromatic N) is 1. The molecule has 0 saturated heterocycles. The molecule has 0 aliphatic heterocycles. The SMILES string of the molecule is CC(C)(C)C(=O)Nc1ccc(C(=O)N/N=C\c2ccccc2O)cc1. The van der Waals surface area contributed by atoms with Crippen LogP contribution in [-0.2, 0) is 4.79 Å². The number of phenols is 1. The number of carbonyl (C=O) groups is 2. The normalized spacial score (nSPS) is 11.3. The van der Waals surface area contributed by atoms with Crippen molar-refractivity contribution in [2.24, 2.45) is 10.5 Å². The average Bonchev–Trinajstić information content (AvgIpc) is 2.56. The first-order chi connectivity index (χ1) is 11.8. The van der Waals surface area contributed by atoms with Crippen LogP contribution in [0.3, 0.4) is 0 Å². The van der Waals surface area contributed by atoms with E-state index in [9.17, 15) is 14.7 Å². The van der Waals surface area contributed by atoms with Crippen molar-refractivity contribution >= 4 is 23.7 Å². The summed E-state index contributed by atoms with van der Waals surface area (Å²) in [6.45, 7) is 5.48. The first-order valence-corrected chi connectivity index (χ1v) is 7.80. The Morgan fingerprint density at radius 3 is 2.28 bits per heavy atom. The number of anilines is 1. The molecule has 0 aliphatic carbocycles. The van der Waals surface area contributed by atoms with Gasteiger partial charge in [-0.15, -0.1) is 0 Å². The zero-order valence-corrected chi connectivity index (χ0v) is 14.4. The lowest BCUT2D eigenvalue weighted by Crippen LogP contribution is -2.27. The van der Waals surface area contributed by atoms with Crippen molar-refractivity contribution in [1.29, 1.82) is 0 Å². The van der Waals surface area contributed by atoms with Crippen LogP contribution in [0, 0.1) is 5.41 Å². The molecule has 25 heavy (non-hydrogen) atoms. The van der Waals surface area contributed by atoms with E-state index in [0.717, 1.165) is 0 Å². The Hall–Kier alpha value is -3.15. The van der Waals surface area contributed by atoms with E-state index in [0.29, 0.717) is 16.8 Å². The first kappa shape index (κ1) is 18.2. The highest BCUT2D eigenvalue weighted by molar-refractivity contribution is 5.97. The predicted octanol–water partition coefficient (Wildman–Crippen LogP) is 3.14. The molecule has 0 aliphatic rings. The van der Waals surface area contributed by atoms with Gasteiger partial charge >= 0.3 is 0 Å². The standard InChI is InChI=1S/C19H21N3O3/c1-19(2,3)18(25)21-15-10-8-13(9-11-15)17(24)22-20-12-14-6-4-5-7-16(14)23/h4-12,23H,1-3H3,(H,21,25)(H,22,24)/b20-12-. The highest BCUT2D eigenvalue weighted by Crippen LogP contribution is 2.18. The Balaban J connectivity index is 1.96. The monoisotopic (exact) mass is 339 g/mol. The number of hydrazone groups is 1. The van der Waals surface area contributed by atoms with Gasteiger partial charge < -0.3 is 10.4 Å². The molecule has 0 atom stereocenters. The van der Waals surface area contributed by atoms with Gasteiger partial charge in [0.1, 0.15) is 5.75 Å². The van der Waals surface area contributed by atoms with E-state index in [1.54, 1.807) is 42.5 Å². The Labute approximate surface area is 146 Å². The Bertz CT molecular complexity index is 790. The molecule has 0 aromatic heterocycles. The fraction of sp³-hybridized carbons (Fsp3) is 0.211. The van der Waals surface area contributed by atoms with Crippen molar-refractivity contribution in [1.82, 2.24) is 5.43 Å². The minimum absolute atomic E-state index is 0.0828. The van der Waals surface area contributed by atoms with Gasteiger partial charge in [0.2, 0.25) is 5.91 Å². The van der Waals surface area contributed by atoms with Gasteiger partial charge in [0.15, 0.2) is 0 Å². The summed E-state index contributed by atoms with van der Waals surface area (Å²) in [6, 6.07) is 13.2. The molecule has 2 amide bonds. The van der Waals surface area contributed by atoms with Crippen molar-refractivity contribution in [3.63, 3.8) is 0 Å². The zero-order valence-electron chi connectivity index (χ0n) is 14.4.